The molecule has 8 nitrogen and oxygen atoms in total. The fourth-order valence-corrected chi connectivity index (χ4v) is 4.07. The minimum absolute atomic E-state index is 0.0117. The number of nitrogens with one attached hydrogen (secondary N) is 2. The number of halogens is 3. The van der Waals surface area contributed by atoms with Crippen molar-refractivity contribution in [3.63, 3.8) is 0 Å². The zero-order chi connectivity index (χ0) is 22.2. The molecule has 0 aromatic carbocycles. The summed E-state index contributed by atoms with van der Waals surface area (Å²) < 4.78 is 45.8. The summed E-state index contributed by atoms with van der Waals surface area (Å²) in [5, 5.41) is 9.45. The standard InChI is InChI=1S/C20H23F3N6O2/c1-28(17-5-3-4-16-26-15(11-29(16)17)20(21,22)23)13-8-6-12(7-9-13)25-18(30)14-10-24-27-19(14)31-2/h3-5,10-13H,6-9H2,1-2H3,(H,24,27)(H,25,30). The fourth-order valence-electron chi connectivity index (χ4n) is 4.07. The molecule has 1 saturated carbocycles. The first-order valence-corrected chi connectivity index (χ1v) is 9.94. The van der Waals surface area contributed by atoms with E-state index in [1.807, 2.05) is 11.9 Å². The highest BCUT2D eigenvalue weighted by atomic mass is 19.4. The first-order valence-electron chi connectivity index (χ1n) is 9.94. The molecule has 0 aliphatic heterocycles. The molecule has 3 aromatic heterocycles. The molecule has 0 saturated heterocycles. The Morgan fingerprint density at radius 1 is 1.29 bits per heavy atom. The lowest BCUT2D eigenvalue weighted by Crippen LogP contribution is -2.43. The van der Waals surface area contributed by atoms with Crippen LogP contribution in [-0.2, 0) is 6.18 Å². The molecule has 3 aromatic rings. The Morgan fingerprint density at radius 2 is 2.03 bits per heavy atom. The fraction of sp³-hybridized carbons (Fsp3) is 0.450. The molecule has 0 atom stereocenters. The molecule has 1 aliphatic carbocycles. The van der Waals surface area contributed by atoms with Crippen LogP contribution in [0.3, 0.4) is 0 Å². The second-order valence-electron chi connectivity index (χ2n) is 7.64. The topological polar surface area (TPSA) is 87.5 Å². The highest BCUT2D eigenvalue weighted by Gasteiger charge is 2.34. The Kier molecular flexibility index (Phi) is 5.50. The molecule has 4 rings (SSSR count). The molecule has 1 aliphatic rings. The molecule has 31 heavy (non-hydrogen) atoms. The van der Waals surface area contributed by atoms with Crippen LogP contribution in [0.1, 0.15) is 41.7 Å². The molecule has 2 N–H and O–H groups in total. The number of alkyl halides is 3. The predicted octanol–water partition coefficient (Wildman–Crippen LogP) is 3.26. The Balaban J connectivity index is 1.42. The maximum atomic E-state index is 13.1. The molecule has 1 fully saturated rings. The van der Waals surface area contributed by atoms with Gasteiger partial charge in [0.15, 0.2) is 5.69 Å². The largest absolute Gasteiger partial charge is 0.481 e. The van der Waals surface area contributed by atoms with Crippen LogP contribution in [-0.4, -0.2) is 51.7 Å². The van der Waals surface area contributed by atoms with Gasteiger partial charge in [-0.25, -0.2) is 10.1 Å². The lowest BCUT2D eigenvalue weighted by atomic mass is 9.90. The van der Waals surface area contributed by atoms with Gasteiger partial charge < -0.3 is 15.0 Å². The number of ether oxygens (including phenoxy) is 1. The Labute approximate surface area is 176 Å². The van der Waals surface area contributed by atoms with E-state index >= 15 is 0 Å². The van der Waals surface area contributed by atoms with Crippen molar-refractivity contribution in [2.24, 2.45) is 0 Å². The van der Waals surface area contributed by atoms with Gasteiger partial charge in [-0.15, -0.1) is 0 Å². The number of hydrogen-bond acceptors (Lipinski definition) is 5. The van der Waals surface area contributed by atoms with E-state index in [9.17, 15) is 18.0 Å². The number of nitrogens with zero attached hydrogens (tertiary/aromatic N) is 4. The maximum absolute atomic E-state index is 13.1. The molecule has 11 heteroatoms. The lowest BCUT2D eigenvalue weighted by molar-refractivity contribution is -0.140. The van der Waals surface area contributed by atoms with Crippen molar-refractivity contribution in [3.05, 3.63) is 41.9 Å². The summed E-state index contributed by atoms with van der Waals surface area (Å²) >= 11 is 0. The van der Waals surface area contributed by atoms with Gasteiger partial charge in [-0.3, -0.25) is 9.20 Å². The first-order chi connectivity index (χ1) is 14.8. The minimum Gasteiger partial charge on any atom is -0.481 e. The predicted molar refractivity (Wildman–Crippen MR) is 107 cm³/mol. The summed E-state index contributed by atoms with van der Waals surface area (Å²) in [6, 6.07) is 5.20. The van der Waals surface area contributed by atoms with Crippen LogP contribution in [0.2, 0.25) is 0 Å². The van der Waals surface area contributed by atoms with Crippen LogP contribution in [0.5, 0.6) is 5.88 Å². The molecule has 0 spiro atoms. The van der Waals surface area contributed by atoms with E-state index in [0.29, 0.717) is 17.3 Å². The third-order valence-corrected chi connectivity index (χ3v) is 5.76. The number of carbonyl (C=O) groups excluding carboxylic acids is 1. The smallest absolute Gasteiger partial charge is 0.434 e. The van der Waals surface area contributed by atoms with Crippen molar-refractivity contribution in [2.75, 3.05) is 19.1 Å². The highest BCUT2D eigenvalue weighted by molar-refractivity contribution is 5.96. The number of carbonyl (C=O) groups is 1. The second-order valence-corrected chi connectivity index (χ2v) is 7.64. The van der Waals surface area contributed by atoms with Gasteiger partial charge in [0.05, 0.1) is 13.3 Å². The maximum Gasteiger partial charge on any atom is 0.434 e. The third kappa shape index (κ3) is 4.17. The van der Waals surface area contributed by atoms with E-state index in [1.165, 1.54) is 17.7 Å². The molecular formula is C20H23F3N6O2. The van der Waals surface area contributed by atoms with Gasteiger partial charge in [-0.2, -0.15) is 18.3 Å². The number of amides is 1. The van der Waals surface area contributed by atoms with Crippen molar-refractivity contribution >= 4 is 17.4 Å². The number of rotatable bonds is 5. The molecule has 3 heterocycles. The van der Waals surface area contributed by atoms with Gasteiger partial charge in [0, 0.05) is 25.3 Å². The second kappa shape index (κ2) is 8.12. The van der Waals surface area contributed by atoms with Gasteiger partial charge in [0.1, 0.15) is 17.0 Å². The first kappa shape index (κ1) is 21.0. The average molecular weight is 436 g/mol. The summed E-state index contributed by atoms with van der Waals surface area (Å²) in [5.74, 6) is 0.721. The molecule has 1 amide bonds. The van der Waals surface area contributed by atoms with Gasteiger partial charge in [0.2, 0.25) is 5.88 Å². The quantitative estimate of drug-likeness (QED) is 0.641. The van der Waals surface area contributed by atoms with E-state index in [1.54, 1.807) is 18.2 Å². The third-order valence-electron chi connectivity index (χ3n) is 5.76. The minimum atomic E-state index is -4.49. The summed E-state index contributed by atoms with van der Waals surface area (Å²) in [5.41, 5.74) is -0.296. The zero-order valence-electron chi connectivity index (χ0n) is 17.1. The van der Waals surface area contributed by atoms with Crippen LogP contribution < -0.4 is 15.0 Å². The van der Waals surface area contributed by atoms with Gasteiger partial charge >= 0.3 is 6.18 Å². The number of imidazole rings is 1. The van der Waals surface area contributed by atoms with E-state index in [4.69, 9.17) is 4.74 Å². The van der Waals surface area contributed by atoms with E-state index in [-0.39, 0.29) is 23.6 Å². The Hall–Kier alpha value is -3.24. The van der Waals surface area contributed by atoms with Crippen LogP contribution in [0.15, 0.2) is 30.6 Å². The van der Waals surface area contributed by atoms with Crippen molar-refractivity contribution in [1.82, 2.24) is 24.9 Å². The average Bonchev–Trinajstić information content (AvgIpc) is 3.40. The number of anilines is 1. The number of pyridine rings is 1. The number of aromatic amines is 1. The molecule has 0 unspecified atom stereocenters. The van der Waals surface area contributed by atoms with Gasteiger partial charge in [0.25, 0.3) is 5.91 Å². The molecule has 0 radical (unpaired) electrons. The number of H-pyrrole nitrogens is 1. The van der Waals surface area contributed by atoms with E-state index < -0.39 is 11.9 Å². The summed E-state index contributed by atoms with van der Waals surface area (Å²) in [6.07, 6.45) is 1.07. The SMILES string of the molecule is COc1[nH]ncc1C(=O)NC1CCC(N(C)c2cccc3nc(C(F)(F)F)cn23)CC1. The van der Waals surface area contributed by atoms with E-state index in [0.717, 1.165) is 31.9 Å². The molecular weight excluding hydrogens is 413 g/mol. The Morgan fingerprint density at radius 3 is 2.71 bits per heavy atom. The van der Waals surface area contributed by atoms with Crippen LogP contribution in [0.25, 0.3) is 5.65 Å². The van der Waals surface area contributed by atoms with Crippen molar-refractivity contribution in [3.8, 4) is 5.88 Å². The van der Waals surface area contributed by atoms with Crippen molar-refractivity contribution in [2.45, 2.75) is 43.9 Å². The number of methoxy groups -OCH3 is 1. The van der Waals surface area contributed by atoms with Crippen LogP contribution >= 0.6 is 0 Å². The monoisotopic (exact) mass is 436 g/mol. The summed E-state index contributed by atoms with van der Waals surface area (Å²) in [4.78, 5) is 18.2. The zero-order valence-corrected chi connectivity index (χ0v) is 17.1. The van der Waals surface area contributed by atoms with Crippen LogP contribution in [0.4, 0.5) is 19.0 Å². The summed E-state index contributed by atoms with van der Waals surface area (Å²) in [7, 11) is 3.34. The number of aromatic nitrogens is 4. The Bertz CT molecular complexity index is 1070. The molecule has 166 valence electrons. The van der Waals surface area contributed by atoms with Crippen molar-refractivity contribution < 1.29 is 22.7 Å². The van der Waals surface area contributed by atoms with E-state index in [2.05, 4.69) is 20.5 Å². The number of fused-ring (bicyclic) bond motifs is 1. The van der Waals surface area contributed by atoms with Gasteiger partial charge in [-0.05, 0) is 37.8 Å². The van der Waals surface area contributed by atoms with Gasteiger partial charge in [-0.1, -0.05) is 6.07 Å². The summed E-state index contributed by atoms with van der Waals surface area (Å²) in [6.45, 7) is 0. The molecule has 0 bridgehead atoms. The highest BCUT2D eigenvalue weighted by Crippen LogP contribution is 2.32. The number of hydrogen-bond donors (Lipinski definition) is 2. The van der Waals surface area contributed by atoms with Crippen molar-refractivity contribution in [1.29, 1.82) is 0 Å². The normalized spacial score (nSPS) is 19.4. The van der Waals surface area contributed by atoms with Crippen LogP contribution in [0, 0.1) is 0 Å². The lowest BCUT2D eigenvalue weighted by Gasteiger charge is -2.36.